The number of carbonyl (C=O) groups is 4. The van der Waals surface area contributed by atoms with Gasteiger partial charge in [-0.25, -0.2) is 0 Å². The fourth-order valence-corrected chi connectivity index (χ4v) is 3.78. The predicted molar refractivity (Wildman–Crippen MR) is 94.2 cm³/mol. The van der Waals surface area contributed by atoms with E-state index in [0.717, 1.165) is 6.54 Å². The molecule has 154 valence electrons. The van der Waals surface area contributed by atoms with Gasteiger partial charge in [0.15, 0.2) is 5.60 Å². The van der Waals surface area contributed by atoms with Crippen molar-refractivity contribution in [2.45, 2.75) is 49.7 Å². The summed E-state index contributed by atoms with van der Waals surface area (Å²) in [5.74, 6) is -5.66. The first-order valence-corrected chi connectivity index (χ1v) is 9.16. The molecule has 4 N–H and O–H groups in total. The Hall–Kier alpha value is -2.18. The van der Waals surface area contributed by atoms with Gasteiger partial charge in [0.05, 0.1) is 28.0 Å². The molecule has 3 aliphatic rings. The zero-order chi connectivity index (χ0) is 22.1. The number of aliphatic carboxylic acids is 2. The van der Waals surface area contributed by atoms with E-state index in [2.05, 4.69) is 10.6 Å². The second kappa shape index (κ2) is 8.45. The second-order valence-electron chi connectivity index (χ2n) is 7.19. The third-order valence-electron chi connectivity index (χ3n) is 5.13. The Kier molecular flexibility index (Phi) is 5.40. The Labute approximate surface area is 164 Å². The number of rotatable bonds is 8. The van der Waals surface area contributed by atoms with Crippen LogP contribution < -0.4 is 10.6 Å². The van der Waals surface area contributed by atoms with Crippen molar-refractivity contribution in [2.24, 2.45) is 0 Å². The monoisotopic (exact) mass is 399 g/mol. The van der Waals surface area contributed by atoms with Crippen molar-refractivity contribution in [3.63, 3.8) is 0 Å². The third kappa shape index (κ3) is 4.45. The molecule has 3 rings (SSSR count). The molecule has 0 spiro atoms. The van der Waals surface area contributed by atoms with Crippen molar-refractivity contribution in [3.05, 3.63) is 0 Å². The van der Waals surface area contributed by atoms with Gasteiger partial charge in [-0.05, 0) is 25.8 Å². The van der Waals surface area contributed by atoms with E-state index in [-0.39, 0.29) is 12.6 Å². The normalized spacial score (nSPS) is 28.1. The maximum atomic E-state index is 12.9. The maximum absolute atomic E-state index is 12.9. The van der Waals surface area contributed by atoms with Crippen molar-refractivity contribution >= 4 is 30.9 Å². The van der Waals surface area contributed by atoms with Crippen molar-refractivity contribution in [3.8, 4) is 0 Å². The SMILES string of the molecule is [2H]C([2H])(N[C@@H]1CCNC1)C(=O)N1CCC[C@H]1B1OC(=O)C(CC(=O)O)(CC(=O)O)O1. The van der Waals surface area contributed by atoms with Crippen LogP contribution >= 0.6 is 0 Å². The van der Waals surface area contributed by atoms with Crippen LogP contribution in [0.25, 0.3) is 0 Å². The first-order valence-electron chi connectivity index (χ1n) is 10.2. The molecule has 11 nitrogen and oxygen atoms in total. The number of likely N-dealkylation sites (tertiary alicyclic amines) is 1. The highest BCUT2D eigenvalue weighted by atomic mass is 16.7. The van der Waals surface area contributed by atoms with E-state index in [9.17, 15) is 19.2 Å². The first kappa shape index (κ1) is 17.9. The van der Waals surface area contributed by atoms with Crippen LogP contribution in [0.5, 0.6) is 0 Å². The lowest BCUT2D eigenvalue weighted by Crippen LogP contribution is -2.51. The fourth-order valence-electron chi connectivity index (χ4n) is 3.78. The van der Waals surface area contributed by atoms with Crippen molar-refractivity contribution in [1.82, 2.24) is 15.5 Å². The molecule has 3 saturated heterocycles. The highest BCUT2D eigenvalue weighted by Crippen LogP contribution is 2.34. The summed E-state index contributed by atoms with van der Waals surface area (Å²) in [6, 6.07) is -0.204. The number of hydrogen-bond acceptors (Lipinski definition) is 8. The summed E-state index contributed by atoms with van der Waals surface area (Å²) >= 11 is 0. The molecule has 0 radical (unpaired) electrons. The number of amides is 1. The molecule has 3 fully saturated rings. The minimum Gasteiger partial charge on any atom is -0.506 e. The minimum absolute atomic E-state index is 0.204. The van der Waals surface area contributed by atoms with Crippen LogP contribution in [0.4, 0.5) is 0 Å². The van der Waals surface area contributed by atoms with Crippen LogP contribution in [0, 0.1) is 0 Å². The van der Waals surface area contributed by atoms with Crippen LogP contribution in [0.2, 0.25) is 0 Å². The molecule has 28 heavy (non-hydrogen) atoms. The van der Waals surface area contributed by atoms with Gasteiger partial charge >= 0.3 is 25.0 Å². The predicted octanol–water partition coefficient (Wildman–Crippen LogP) is -1.78. The molecular weight excluding hydrogens is 373 g/mol. The Bertz CT molecular complexity index is 717. The van der Waals surface area contributed by atoms with Crippen LogP contribution in [0.15, 0.2) is 0 Å². The Morgan fingerprint density at radius 1 is 1.32 bits per heavy atom. The lowest BCUT2D eigenvalue weighted by Gasteiger charge is -2.27. The van der Waals surface area contributed by atoms with Gasteiger partial charge in [-0.2, -0.15) is 0 Å². The summed E-state index contributed by atoms with van der Waals surface area (Å²) in [6.07, 6.45) is -0.286. The molecule has 3 heterocycles. The Morgan fingerprint density at radius 3 is 2.64 bits per heavy atom. The third-order valence-corrected chi connectivity index (χ3v) is 5.13. The van der Waals surface area contributed by atoms with Gasteiger partial charge in [0.1, 0.15) is 0 Å². The van der Waals surface area contributed by atoms with Gasteiger partial charge in [-0.3, -0.25) is 19.2 Å². The van der Waals surface area contributed by atoms with Crippen LogP contribution in [-0.2, 0) is 28.5 Å². The molecule has 3 aliphatic heterocycles. The quantitative estimate of drug-likeness (QED) is 0.344. The molecular formula is C16H24BN3O8. The summed E-state index contributed by atoms with van der Waals surface area (Å²) in [6.45, 7) is -0.904. The number of nitrogens with zero attached hydrogens (tertiary/aromatic N) is 1. The molecule has 0 bridgehead atoms. The Morgan fingerprint density at radius 2 is 2.04 bits per heavy atom. The van der Waals surface area contributed by atoms with E-state index >= 15 is 0 Å². The van der Waals surface area contributed by atoms with Crippen LogP contribution in [0.1, 0.15) is 34.8 Å². The average molecular weight is 399 g/mol. The Balaban J connectivity index is 1.74. The van der Waals surface area contributed by atoms with Gasteiger partial charge in [0.25, 0.3) is 0 Å². The van der Waals surface area contributed by atoms with E-state index in [4.69, 9.17) is 22.3 Å². The first-order chi connectivity index (χ1) is 14.0. The highest BCUT2D eigenvalue weighted by molar-refractivity contribution is 6.51. The van der Waals surface area contributed by atoms with Gasteiger partial charge in [0, 0.05) is 19.1 Å². The lowest BCUT2D eigenvalue weighted by molar-refractivity contribution is -0.157. The minimum atomic E-state index is -2.36. The molecule has 2 atom stereocenters. The lowest BCUT2D eigenvalue weighted by atomic mass is 9.76. The van der Waals surface area contributed by atoms with Crippen LogP contribution in [0.3, 0.4) is 0 Å². The molecule has 1 amide bonds. The number of hydrogen-bond donors (Lipinski definition) is 4. The van der Waals surface area contributed by atoms with E-state index in [0.29, 0.717) is 25.8 Å². The van der Waals surface area contributed by atoms with Gasteiger partial charge in [-0.15, -0.1) is 0 Å². The van der Waals surface area contributed by atoms with E-state index < -0.39 is 61.8 Å². The molecule has 0 aromatic heterocycles. The number of carbonyl (C=O) groups excluding carboxylic acids is 2. The van der Waals surface area contributed by atoms with E-state index in [1.165, 1.54) is 4.90 Å². The number of carboxylic acid groups (broad SMARTS) is 2. The summed E-state index contributed by atoms with van der Waals surface area (Å²) in [5, 5.41) is 24.0. The summed E-state index contributed by atoms with van der Waals surface area (Å²) in [5.41, 5.74) is -2.19. The molecule has 12 heteroatoms. The van der Waals surface area contributed by atoms with Gasteiger partial charge in [0.2, 0.25) is 5.91 Å². The summed E-state index contributed by atoms with van der Waals surface area (Å²) in [7, 11) is -1.37. The van der Waals surface area contributed by atoms with Gasteiger partial charge in [-0.1, -0.05) is 0 Å². The second-order valence-corrected chi connectivity index (χ2v) is 7.19. The molecule has 0 saturated carbocycles. The topological polar surface area (TPSA) is 154 Å². The zero-order valence-electron chi connectivity index (χ0n) is 17.2. The molecule has 0 aromatic carbocycles. The molecule has 0 aromatic rings. The van der Waals surface area contributed by atoms with Crippen molar-refractivity contribution in [2.75, 3.05) is 26.1 Å². The van der Waals surface area contributed by atoms with Gasteiger partial charge < -0.3 is 35.1 Å². The van der Waals surface area contributed by atoms with Crippen LogP contribution in [-0.4, -0.2) is 89.8 Å². The fraction of sp³-hybridized carbons (Fsp3) is 0.750. The van der Waals surface area contributed by atoms with Crippen molar-refractivity contribution < 1.29 is 41.4 Å². The number of carboxylic acids is 2. The summed E-state index contributed by atoms with van der Waals surface area (Å²) in [4.78, 5) is 48.8. The standard InChI is InChI=1S/C16H24BN3O8/c21-12(9-19-10-3-4-18-8-10)20-5-1-2-11(20)17-27-15(26)16(28-17,6-13(22)23)7-14(24)25/h10-11,18-19H,1-9H2,(H,22,23)(H,24,25)/t10-,11+/m1/s1/i9D2. The summed E-state index contributed by atoms with van der Waals surface area (Å²) < 4.78 is 27.0. The van der Waals surface area contributed by atoms with E-state index in [1.807, 2.05) is 0 Å². The smallest absolute Gasteiger partial charge is 0.506 e. The molecule has 0 unspecified atom stereocenters. The largest absolute Gasteiger partial charge is 0.552 e. The molecule has 0 aliphatic carbocycles. The van der Waals surface area contributed by atoms with E-state index in [1.54, 1.807) is 0 Å². The van der Waals surface area contributed by atoms with Crippen molar-refractivity contribution in [1.29, 1.82) is 0 Å². The maximum Gasteiger partial charge on any atom is 0.552 e. The number of nitrogens with one attached hydrogen (secondary N) is 2. The highest BCUT2D eigenvalue weighted by Gasteiger charge is 2.59. The zero-order valence-corrected chi connectivity index (χ0v) is 15.2. The average Bonchev–Trinajstić information content (AvgIpc) is 3.34.